The summed E-state index contributed by atoms with van der Waals surface area (Å²) in [5.41, 5.74) is 0. The lowest BCUT2D eigenvalue weighted by atomic mass is 10.1. The molecule has 0 saturated carbocycles. The van der Waals surface area contributed by atoms with Crippen LogP contribution in [0.2, 0.25) is 0 Å². The van der Waals surface area contributed by atoms with E-state index in [1.54, 1.807) is 0 Å². The minimum Gasteiger partial charge on any atom is -0.197 e. The van der Waals surface area contributed by atoms with Crippen LogP contribution in [0.25, 0.3) is 0 Å². The van der Waals surface area contributed by atoms with Gasteiger partial charge in [-0.15, -0.1) is 6.58 Å². The molecule has 0 fully saturated rings. The van der Waals surface area contributed by atoms with Crippen LogP contribution in [-0.2, 0) is 0 Å². The van der Waals surface area contributed by atoms with Gasteiger partial charge in [-0.2, -0.15) is 13.5 Å². The van der Waals surface area contributed by atoms with E-state index < -0.39 is 0 Å². The lowest BCUT2D eigenvalue weighted by molar-refractivity contribution is 0.558. The van der Waals surface area contributed by atoms with Gasteiger partial charge in [0, 0.05) is 0 Å². The highest BCUT2D eigenvalue weighted by Gasteiger charge is 1.91. The summed E-state index contributed by atoms with van der Waals surface area (Å²) in [6, 6.07) is 0. The molecule has 0 aromatic carbocycles. The molecule has 92 valence electrons. The van der Waals surface area contributed by atoms with Gasteiger partial charge >= 0.3 is 0 Å². The molecule has 0 bridgehead atoms. The zero-order valence-corrected chi connectivity index (χ0v) is 11.6. The van der Waals surface area contributed by atoms with Gasteiger partial charge in [-0.1, -0.05) is 70.8 Å². The second kappa shape index (κ2) is 16.5. The predicted molar refractivity (Wildman–Crippen MR) is 77.0 cm³/mol. The fraction of sp³-hybridized carbons (Fsp3) is 0.857. The van der Waals surface area contributed by atoms with Crippen LogP contribution in [0.3, 0.4) is 0 Å². The molecule has 0 aromatic heterocycles. The molecule has 0 nitrogen and oxygen atoms in total. The lowest BCUT2D eigenvalue weighted by Crippen LogP contribution is -1.81. The average molecular weight is 230 g/mol. The quantitative estimate of drug-likeness (QED) is 0.320. The summed E-state index contributed by atoms with van der Waals surface area (Å²) in [5.74, 6) is 0. The largest absolute Gasteiger partial charge is 0.197 e. The molecule has 0 aliphatic rings. The second-order valence-corrected chi connectivity index (χ2v) is 4.26. The predicted octanol–water partition coefficient (Wildman–Crippen LogP) is 5.60. The Kier molecular flexibility index (Phi) is 19.3. The smallest absolute Gasteiger partial charge is 0.0353 e. The van der Waals surface area contributed by atoms with Crippen molar-refractivity contribution in [3.8, 4) is 0 Å². The van der Waals surface area contributed by atoms with Crippen molar-refractivity contribution in [2.24, 2.45) is 0 Å². The van der Waals surface area contributed by atoms with E-state index in [-0.39, 0.29) is 13.5 Å². The maximum atomic E-state index is 3.74. The molecule has 0 spiro atoms. The van der Waals surface area contributed by atoms with Gasteiger partial charge in [-0.3, -0.25) is 0 Å². The van der Waals surface area contributed by atoms with E-state index in [1.165, 1.54) is 70.6 Å². The van der Waals surface area contributed by atoms with Crippen molar-refractivity contribution in [2.75, 3.05) is 0 Å². The van der Waals surface area contributed by atoms with Crippen LogP contribution in [0.4, 0.5) is 0 Å². The highest BCUT2D eigenvalue weighted by molar-refractivity contribution is 7.59. The van der Waals surface area contributed by atoms with Crippen molar-refractivity contribution in [1.29, 1.82) is 0 Å². The summed E-state index contributed by atoms with van der Waals surface area (Å²) in [5, 5.41) is 0. The first-order valence-corrected chi connectivity index (χ1v) is 6.52. The summed E-state index contributed by atoms with van der Waals surface area (Å²) < 4.78 is 0. The standard InChI is InChI=1S/C14H28.H2S/c1-3-5-7-9-11-13-14-12-10-8-6-4-2;/h3H,1,4-14H2,2H3;1H2. The van der Waals surface area contributed by atoms with E-state index in [0.717, 1.165) is 0 Å². The fourth-order valence-electron chi connectivity index (χ4n) is 1.78. The molecular formula is C14H30S. The summed E-state index contributed by atoms with van der Waals surface area (Å²) >= 11 is 0. The second-order valence-electron chi connectivity index (χ2n) is 4.26. The molecule has 0 saturated heterocycles. The van der Waals surface area contributed by atoms with E-state index in [0.29, 0.717) is 0 Å². The van der Waals surface area contributed by atoms with Crippen LogP contribution in [0, 0.1) is 0 Å². The van der Waals surface area contributed by atoms with Gasteiger partial charge in [0.2, 0.25) is 0 Å². The van der Waals surface area contributed by atoms with Crippen LogP contribution in [0.5, 0.6) is 0 Å². The topological polar surface area (TPSA) is 0 Å². The van der Waals surface area contributed by atoms with E-state index in [9.17, 15) is 0 Å². The summed E-state index contributed by atoms with van der Waals surface area (Å²) in [6.45, 7) is 6.01. The van der Waals surface area contributed by atoms with Gasteiger partial charge in [0.15, 0.2) is 0 Å². The van der Waals surface area contributed by atoms with Crippen LogP contribution >= 0.6 is 13.5 Å². The number of hydrogen-bond acceptors (Lipinski definition) is 0. The summed E-state index contributed by atoms with van der Waals surface area (Å²) in [4.78, 5) is 0. The highest BCUT2D eigenvalue weighted by Crippen LogP contribution is 2.11. The first-order chi connectivity index (χ1) is 6.91. The third kappa shape index (κ3) is 16.7. The van der Waals surface area contributed by atoms with Crippen molar-refractivity contribution in [1.82, 2.24) is 0 Å². The zero-order chi connectivity index (χ0) is 10.5. The van der Waals surface area contributed by atoms with E-state index >= 15 is 0 Å². The van der Waals surface area contributed by atoms with Crippen LogP contribution < -0.4 is 0 Å². The van der Waals surface area contributed by atoms with Gasteiger partial charge in [0.05, 0.1) is 0 Å². The number of allylic oxidation sites excluding steroid dienone is 1. The van der Waals surface area contributed by atoms with Crippen LogP contribution in [0.15, 0.2) is 12.7 Å². The molecule has 15 heavy (non-hydrogen) atoms. The number of hydrogen-bond donors (Lipinski definition) is 0. The number of unbranched alkanes of at least 4 members (excludes halogenated alkanes) is 10. The maximum absolute atomic E-state index is 3.74. The third-order valence-electron chi connectivity index (χ3n) is 2.76. The molecule has 0 aromatic rings. The normalized spacial score (nSPS) is 9.67. The Morgan fingerprint density at radius 2 is 1.13 bits per heavy atom. The average Bonchev–Trinajstić information content (AvgIpc) is 2.21. The van der Waals surface area contributed by atoms with Gasteiger partial charge in [-0.05, 0) is 12.8 Å². The molecule has 1 heteroatoms. The molecule has 0 rings (SSSR count). The third-order valence-corrected chi connectivity index (χ3v) is 2.76. The van der Waals surface area contributed by atoms with E-state index in [2.05, 4.69) is 13.5 Å². The van der Waals surface area contributed by atoms with Crippen molar-refractivity contribution < 1.29 is 0 Å². The van der Waals surface area contributed by atoms with E-state index in [1.807, 2.05) is 6.08 Å². The Hall–Kier alpha value is 0.0900. The lowest BCUT2D eigenvalue weighted by Gasteiger charge is -2.00. The van der Waals surface area contributed by atoms with Gasteiger partial charge in [-0.25, -0.2) is 0 Å². The molecule has 0 N–H and O–H groups in total. The Balaban J connectivity index is 0. The number of rotatable bonds is 11. The Morgan fingerprint density at radius 3 is 1.53 bits per heavy atom. The van der Waals surface area contributed by atoms with Gasteiger partial charge in [0.25, 0.3) is 0 Å². The van der Waals surface area contributed by atoms with Crippen molar-refractivity contribution in [3.05, 3.63) is 12.7 Å². The molecule has 0 heterocycles. The first kappa shape index (κ1) is 17.5. The highest BCUT2D eigenvalue weighted by atomic mass is 32.1. The molecule has 0 atom stereocenters. The van der Waals surface area contributed by atoms with Crippen molar-refractivity contribution in [2.45, 2.75) is 77.6 Å². The maximum Gasteiger partial charge on any atom is -0.0353 e. The van der Waals surface area contributed by atoms with Gasteiger partial charge < -0.3 is 0 Å². The molecule has 0 aliphatic carbocycles. The molecule has 0 unspecified atom stereocenters. The molecular weight excluding hydrogens is 200 g/mol. The van der Waals surface area contributed by atoms with E-state index in [4.69, 9.17) is 0 Å². The van der Waals surface area contributed by atoms with Crippen molar-refractivity contribution in [3.63, 3.8) is 0 Å². The zero-order valence-electron chi connectivity index (χ0n) is 10.6. The monoisotopic (exact) mass is 230 g/mol. The van der Waals surface area contributed by atoms with Crippen LogP contribution in [0.1, 0.15) is 77.6 Å². The summed E-state index contributed by atoms with van der Waals surface area (Å²) in [7, 11) is 0. The minimum atomic E-state index is 0. The van der Waals surface area contributed by atoms with Crippen LogP contribution in [-0.4, -0.2) is 0 Å². The molecule has 0 radical (unpaired) electrons. The first-order valence-electron chi connectivity index (χ1n) is 6.52. The molecule has 0 amide bonds. The Morgan fingerprint density at radius 1 is 0.733 bits per heavy atom. The minimum absolute atomic E-state index is 0. The summed E-state index contributed by atoms with van der Waals surface area (Å²) in [6.07, 6.45) is 17.5. The fourth-order valence-corrected chi connectivity index (χ4v) is 1.78. The Labute approximate surface area is 104 Å². The Bertz CT molecular complexity index is 110. The van der Waals surface area contributed by atoms with Gasteiger partial charge in [0.1, 0.15) is 0 Å². The molecule has 0 aliphatic heterocycles. The SMILES string of the molecule is C=CCCCCCCCCCCCC.S. The van der Waals surface area contributed by atoms with Crippen molar-refractivity contribution >= 4 is 13.5 Å².